The van der Waals surface area contributed by atoms with E-state index in [-0.39, 0.29) is 36.5 Å². The Bertz CT molecular complexity index is 732. The van der Waals surface area contributed by atoms with Gasteiger partial charge in [-0.25, -0.2) is 4.79 Å². The van der Waals surface area contributed by atoms with Gasteiger partial charge in [-0.1, -0.05) is 26.0 Å². The average Bonchev–Trinajstić information content (AvgIpc) is 2.74. The van der Waals surface area contributed by atoms with Crippen molar-refractivity contribution in [3.63, 3.8) is 0 Å². The lowest BCUT2D eigenvalue weighted by Crippen LogP contribution is -2.44. The predicted octanol–water partition coefficient (Wildman–Crippen LogP) is 1.22. The van der Waals surface area contributed by atoms with Crippen LogP contribution < -0.4 is 16.0 Å². The number of rotatable bonds is 7. The monoisotopic (exact) mass is 375 g/mol. The Morgan fingerprint density at radius 1 is 1.22 bits per heavy atom. The number of amides is 3. The summed E-state index contributed by atoms with van der Waals surface area (Å²) in [7, 11) is 1.27. The molecule has 1 aromatic carbocycles. The van der Waals surface area contributed by atoms with E-state index in [9.17, 15) is 19.2 Å². The van der Waals surface area contributed by atoms with E-state index >= 15 is 0 Å². The summed E-state index contributed by atoms with van der Waals surface area (Å²) in [5, 5.41) is 7.97. The van der Waals surface area contributed by atoms with E-state index in [0.717, 1.165) is 0 Å². The molecular formula is C19H25N3O5. The number of para-hydroxylation sites is 1. The number of anilines is 1. The topological polar surface area (TPSA) is 114 Å². The maximum absolute atomic E-state index is 12.3. The molecule has 3 amide bonds. The second-order valence-corrected chi connectivity index (χ2v) is 6.87. The highest BCUT2D eigenvalue weighted by atomic mass is 16.5. The van der Waals surface area contributed by atoms with E-state index in [4.69, 9.17) is 4.74 Å². The molecule has 0 saturated carbocycles. The molecule has 0 aromatic heterocycles. The number of carbonyl (C=O) groups excluding carboxylic acids is 4. The van der Waals surface area contributed by atoms with Crippen LogP contribution in [0.25, 0.3) is 0 Å². The fourth-order valence-electron chi connectivity index (χ4n) is 2.88. The van der Waals surface area contributed by atoms with E-state index in [2.05, 4.69) is 16.0 Å². The highest BCUT2D eigenvalue weighted by Gasteiger charge is 2.29. The molecule has 1 aliphatic heterocycles. The van der Waals surface area contributed by atoms with Crippen molar-refractivity contribution in [2.45, 2.75) is 45.2 Å². The normalized spacial score (nSPS) is 17.3. The molecule has 0 aliphatic carbocycles. The minimum Gasteiger partial charge on any atom is -0.467 e. The molecule has 0 spiro atoms. The SMILES string of the molecule is COC(=O)[C@H](CC(C)C)NC(=O)CCC1NC(=O)c2ccccc2NC1=O. The molecule has 8 heteroatoms. The van der Waals surface area contributed by atoms with Crippen LogP contribution in [-0.4, -0.2) is 42.9 Å². The van der Waals surface area contributed by atoms with Gasteiger partial charge in [0, 0.05) is 6.42 Å². The zero-order chi connectivity index (χ0) is 20.0. The fraction of sp³-hybridized carbons (Fsp3) is 0.474. The van der Waals surface area contributed by atoms with Crippen LogP contribution in [-0.2, 0) is 19.1 Å². The summed E-state index contributed by atoms with van der Waals surface area (Å²) in [6.45, 7) is 3.87. The van der Waals surface area contributed by atoms with E-state index in [1.807, 2.05) is 13.8 Å². The van der Waals surface area contributed by atoms with E-state index < -0.39 is 18.1 Å². The van der Waals surface area contributed by atoms with Crippen molar-refractivity contribution in [3.8, 4) is 0 Å². The van der Waals surface area contributed by atoms with Gasteiger partial charge in [-0.15, -0.1) is 0 Å². The second-order valence-electron chi connectivity index (χ2n) is 6.87. The van der Waals surface area contributed by atoms with Gasteiger partial charge in [-0.05, 0) is 30.9 Å². The summed E-state index contributed by atoms with van der Waals surface area (Å²) in [6, 6.07) is 5.13. The number of esters is 1. The molecule has 27 heavy (non-hydrogen) atoms. The molecule has 0 fully saturated rings. The van der Waals surface area contributed by atoms with Crippen molar-refractivity contribution >= 4 is 29.4 Å². The van der Waals surface area contributed by atoms with Gasteiger partial charge in [0.05, 0.1) is 18.4 Å². The zero-order valence-corrected chi connectivity index (χ0v) is 15.7. The number of ether oxygens (including phenoxy) is 1. The lowest BCUT2D eigenvalue weighted by Gasteiger charge is -2.19. The quantitative estimate of drug-likeness (QED) is 0.620. The molecule has 1 aromatic rings. The number of benzene rings is 1. The minimum absolute atomic E-state index is 0.0136. The third-order valence-electron chi connectivity index (χ3n) is 4.24. The third-order valence-corrected chi connectivity index (χ3v) is 4.24. The smallest absolute Gasteiger partial charge is 0.328 e. The highest BCUT2D eigenvalue weighted by Crippen LogP contribution is 2.19. The standard InChI is InChI=1S/C19H25N3O5/c1-11(2)10-15(19(26)27-3)20-16(23)9-8-14-18(25)21-13-7-5-4-6-12(13)17(24)22-14/h4-7,11,14-15H,8-10H2,1-3H3,(H,20,23)(H,21,25)(H,22,24)/t14?,15-/m0/s1. The van der Waals surface area contributed by atoms with E-state index in [1.165, 1.54) is 7.11 Å². The first-order valence-electron chi connectivity index (χ1n) is 8.89. The van der Waals surface area contributed by atoms with Gasteiger partial charge < -0.3 is 20.7 Å². The Morgan fingerprint density at radius 3 is 2.59 bits per heavy atom. The van der Waals surface area contributed by atoms with Crippen molar-refractivity contribution in [2.75, 3.05) is 12.4 Å². The Hall–Kier alpha value is -2.90. The van der Waals surface area contributed by atoms with Crippen molar-refractivity contribution in [3.05, 3.63) is 29.8 Å². The molecule has 2 rings (SSSR count). The van der Waals surface area contributed by atoms with Gasteiger partial charge in [0.2, 0.25) is 11.8 Å². The van der Waals surface area contributed by atoms with Crippen molar-refractivity contribution in [2.24, 2.45) is 5.92 Å². The number of fused-ring (bicyclic) bond motifs is 1. The molecule has 1 heterocycles. The molecule has 8 nitrogen and oxygen atoms in total. The van der Waals surface area contributed by atoms with Crippen molar-refractivity contribution in [1.29, 1.82) is 0 Å². The summed E-state index contributed by atoms with van der Waals surface area (Å²) in [4.78, 5) is 48.6. The maximum Gasteiger partial charge on any atom is 0.328 e. The van der Waals surface area contributed by atoms with Crippen LogP contribution in [0, 0.1) is 5.92 Å². The largest absolute Gasteiger partial charge is 0.467 e. The molecule has 3 N–H and O–H groups in total. The van der Waals surface area contributed by atoms with Crippen LogP contribution in [0.2, 0.25) is 0 Å². The summed E-state index contributed by atoms with van der Waals surface area (Å²) in [6.07, 6.45) is 0.557. The summed E-state index contributed by atoms with van der Waals surface area (Å²) in [5.74, 6) is -1.45. The Labute approximate surface area is 158 Å². The van der Waals surface area contributed by atoms with Crippen molar-refractivity contribution < 1.29 is 23.9 Å². The number of carbonyl (C=O) groups is 4. The lowest BCUT2D eigenvalue weighted by molar-refractivity contribution is -0.145. The van der Waals surface area contributed by atoms with Crippen LogP contribution >= 0.6 is 0 Å². The Balaban J connectivity index is 1.95. The first-order valence-corrected chi connectivity index (χ1v) is 8.89. The minimum atomic E-state index is -0.836. The van der Waals surface area contributed by atoms with Crippen molar-refractivity contribution in [1.82, 2.24) is 10.6 Å². The zero-order valence-electron chi connectivity index (χ0n) is 15.7. The van der Waals surface area contributed by atoms with Gasteiger partial charge in [0.25, 0.3) is 5.91 Å². The van der Waals surface area contributed by atoms with Gasteiger partial charge in [0.1, 0.15) is 12.1 Å². The molecule has 2 atom stereocenters. The second kappa shape index (κ2) is 9.16. The van der Waals surface area contributed by atoms with E-state index in [1.54, 1.807) is 24.3 Å². The first-order chi connectivity index (χ1) is 12.8. The Morgan fingerprint density at radius 2 is 1.93 bits per heavy atom. The first kappa shape index (κ1) is 20.4. The summed E-state index contributed by atoms with van der Waals surface area (Å²) >= 11 is 0. The molecular weight excluding hydrogens is 350 g/mol. The van der Waals surface area contributed by atoms with Crippen LogP contribution in [0.5, 0.6) is 0 Å². The maximum atomic E-state index is 12.3. The number of hydrogen-bond donors (Lipinski definition) is 3. The van der Waals surface area contributed by atoms with Crippen LogP contribution in [0.1, 0.15) is 43.5 Å². The van der Waals surface area contributed by atoms with Crippen LogP contribution in [0.15, 0.2) is 24.3 Å². The molecule has 146 valence electrons. The molecule has 1 unspecified atom stereocenters. The predicted molar refractivity (Wildman–Crippen MR) is 99.0 cm³/mol. The number of methoxy groups -OCH3 is 1. The third kappa shape index (κ3) is 5.54. The van der Waals surface area contributed by atoms with Crippen LogP contribution in [0.4, 0.5) is 5.69 Å². The van der Waals surface area contributed by atoms with E-state index in [0.29, 0.717) is 17.7 Å². The summed E-state index contributed by atoms with van der Waals surface area (Å²) < 4.78 is 4.72. The summed E-state index contributed by atoms with van der Waals surface area (Å²) in [5.41, 5.74) is 0.815. The Kier molecular flexibility index (Phi) is 6.92. The fourth-order valence-corrected chi connectivity index (χ4v) is 2.88. The van der Waals surface area contributed by atoms with Crippen LogP contribution in [0.3, 0.4) is 0 Å². The average molecular weight is 375 g/mol. The number of nitrogens with one attached hydrogen (secondary N) is 3. The number of hydrogen-bond acceptors (Lipinski definition) is 5. The molecule has 0 bridgehead atoms. The van der Waals surface area contributed by atoms with Gasteiger partial charge >= 0.3 is 5.97 Å². The highest BCUT2D eigenvalue weighted by molar-refractivity contribution is 6.09. The van der Waals surface area contributed by atoms with Gasteiger partial charge in [-0.2, -0.15) is 0 Å². The van der Waals surface area contributed by atoms with Gasteiger partial charge in [-0.3, -0.25) is 14.4 Å². The lowest BCUT2D eigenvalue weighted by atomic mass is 10.0. The molecule has 1 aliphatic rings. The molecule has 0 saturated heterocycles. The van der Waals surface area contributed by atoms with Gasteiger partial charge in [0.15, 0.2) is 0 Å². The molecule has 0 radical (unpaired) electrons.